The van der Waals surface area contributed by atoms with Crippen molar-refractivity contribution in [3.8, 4) is 5.75 Å². The summed E-state index contributed by atoms with van der Waals surface area (Å²) in [5.41, 5.74) is 1.54. The number of para-hydroxylation sites is 1. The molecule has 0 aliphatic heterocycles. The number of benzene rings is 2. The van der Waals surface area contributed by atoms with E-state index >= 15 is 0 Å². The molecule has 3 nitrogen and oxygen atoms in total. The van der Waals surface area contributed by atoms with Gasteiger partial charge in [0.2, 0.25) is 5.91 Å². The largest absolute Gasteiger partial charge is 0.508 e. The fourth-order valence-corrected chi connectivity index (χ4v) is 2.46. The zero-order valence-corrected chi connectivity index (χ0v) is 12.8. The van der Waals surface area contributed by atoms with Crippen LogP contribution in [0.3, 0.4) is 0 Å². The van der Waals surface area contributed by atoms with Crippen molar-refractivity contribution in [1.29, 1.82) is 0 Å². The molecule has 0 atom stereocenters. The van der Waals surface area contributed by atoms with Crippen molar-refractivity contribution in [3.05, 3.63) is 63.6 Å². The molecule has 0 fully saturated rings. The van der Waals surface area contributed by atoms with Crippen molar-refractivity contribution in [3.63, 3.8) is 0 Å². The van der Waals surface area contributed by atoms with Gasteiger partial charge in [0, 0.05) is 22.2 Å². The maximum absolute atomic E-state index is 11.8. The Morgan fingerprint density at radius 1 is 1.10 bits per heavy atom. The third kappa shape index (κ3) is 4.66. The summed E-state index contributed by atoms with van der Waals surface area (Å²) in [5.74, 6) is -0.00465. The van der Waals surface area contributed by atoms with Gasteiger partial charge < -0.3 is 10.4 Å². The molecule has 0 unspecified atom stereocenters. The van der Waals surface area contributed by atoms with Gasteiger partial charge in [-0.25, -0.2) is 0 Å². The predicted octanol–water partition coefficient (Wildman–Crippen LogP) is 3.60. The van der Waals surface area contributed by atoms with Gasteiger partial charge in [-0.15, -0.1) is 0 Å². The Morgan fingerprint density at radius 3 is 2.57 bits per heavy atom. The number of carbonyl (C=O) groups is 1. The van der Waals surface area contributed by atoms with Crippen LogP contribution >= 0.6 is 23.2 Å². The lowest BCUT2D eigenvalue weighted by atomic mass is 10.1. The highest BCUT2D eigenvalue weighted by Crippen LogP contribution is 2.21. The zero-order chi connectivity index (χ0) is 15.2. The van der Waals surface area contributed by atoms with Gasteiger partial charge in [0.1, 0.15) is 5.75 Å². The van der Waals surface area contributed by atoms with Gasteiger partial charge in [-0.1, -0.05) is 47.5 Å². The van der Waals surface area contributed by atoms with E-state index in [-0.39, 0.29) is 18.1 Å². The van der Waals surface area contributed by atoms with Crippen LogP contribution in [0.4, 0.5) is 0 Å². The number of carbonyl (C=O) groups excluding carboxylic acids is 1. The topological polar surface area (TPSA) is 49.3 Å². The quantitative estimate of drug-likeness (QED) is 0.883. The molecular formula is C16H15Cl2NO2. The van der Waals surface area contributed by atoms with Crippen LogP contribution < -0.4 is 5.32 Å². The molecule has 0 aromatic heterocycles. The molecule has 0 bridgehead atoms. The highest BCUT2D eigenvalue weighted by molar-refractivity contribution is 6.35. The molecule has 0 aliphatic rings. The minimum atomic E-state index is -0.137. The third-order valence-corrected chi connectivity index (χ3v) is 3.66. The molecule has 2 aromatic rings. The molecule has 21 heavy (non-hydrogen) atoms. The number of rotatable bonds is 5. The van der Waals surface area contributed by atoms with E-state index in [0.29, 0.717) is 28.6 Å². The average molecular weight is 324 g/mol. The summed E-state index contributed by atoms with van der Waals surface area (Å²) in [5, 5.41) is 13.6. The summed E-state index contributed by atoms with van der Waals surface area (Å²) in [6, 6.07) is 12.1. The zero-order valence-electron chi connectivity index (χ0n) is 11.3. The maximum Gasteiger partial charge on any atom is 0.224 e. The molecule has 2 N–H and O–H groups in total. The van der Waals surface area contributed by atoms with E-state index in [9.17, 15) is 9.90 Å². The van der Waals surface area contributed by atoms with E-state index < -0.39 is 0 Å². The van der Waals surface area contributed by atoms with E-state index in [1.54, 1.807) is 36.4 Å². The number of aromatic hydroxyl groups is 1. The minimum Gasteiger partial charge on any atom is -0.508 e. The van der Waals surface area contributed by atoms with Gasteiger partial charge >= 0.3 is 0 Å². The van der Waals surface area contributed by atoms with Crippen molar-refractivity contribution in [2.24, 2.45) is 0 Å². The van der Waals surface area contributed by atoms with Crippen LogP contribution in [0.5, 0.6) is 5.75 Å². The van der Waals surface area contributed by atoms with Crippen LogP contribution in [0.25, 0.3) is 0 Å². The first-order valence-corrected chi connectivity index (χ1v) is 7.29. The normalized spacial score (nSPS) is 10.4. The molecular weight excluding hydrogens is 309 g/mol. The highest BCUT2D eigenvalue weighted by Gasteiger charge is 2.07. The Balaban J connectivity index is 1.83. The van der Waals surface area contributed by atoms with Crippen molar-refractivity contribution < 1.29 is 9.90 Å². The Bertz CT molecular complexity index is 644. The molecule has 0 spiro atoms. The fourth-order valence-electron chi connectivity index (χ4n) is 1.96. The first-order valence-electron chi connectivity index (χ1n) is 6.54. The Labute approximate surface area is 133 Å². The summed E-state index contributed by atoms with van der Waals surface area (Å²) < 4.78 is 0. The van der Waals surface area contributed by atoms with Gasteiger partial charge in [0.15, 0.2) is 0 Å². The van der Waals surface area contributed by atoms with Crippen LogP contribution in [0.2, 0.25) is 10.0 Å². The van der Waals surface area contributed by atoms with Crippen molar-refractivity contribution in [2.75, 3.05) is 6.54 Å². The van der Waals surface area contributed by atoms with Gasteiger partial charge in [-0.2, -0.15) is 0 Å². The molecule has 1 amide bonds. The van der Waals surface area contributed by atoms with Gasteiger partial charge in [-0.3, -0.25) is 4.79 Å². The second-order valence-corrected chi connectivity index (χ2v) is 5.48. The molecule has 0 aliphatic carbocycles. The van der Waals surface area contributed by atoms with Crippen LogP contribution in [0, 0.1) is 0 Å². The van der Waals surface area contributed by atoms with Crippen LogP contribution in [-0.4, -0.2) is 17.6 Å². The monoisotopic (exact) mass is 323 g/mol. The predicted molar refractivity (Wildman–Crippen MR) is 85.0 cm³/mol. The third-order valence-electron chi connectivity index (χ3n) is 3.07. The standard InChI is InChI=1S/C16H15Cl2NO2/c17-13-6-5-11(14(18)10-13)7-8-19-16(21)9-12-3-1-2-4-15(12)20/h1-6,10,20H,7-9H2,(H,19,21). The molecule has 0 radical (unpaired) electrons. The molecule has 5 heteroatoms. The van der Waals surface area contributed by atoms with E-state index in [2.05, 4.69) is 5.32 Å². The van der Waals surface area contributed by atoms with E-state index in [4.69, 9.17) is 23.2 Å². The second-order valence-electron chi connectivity index (χ2n) is 4.64. The number of phenolic OH excluding ortho intramolecular Hbond substituents is 1. The van der Waals surface area contributed by atoms with E-state index in [1.807, 2.05) is 6.07 Å². The van der Waals surface area contributed by atoms with Gasteiger partial charge in [0.05, 0.1) is 6.42 Å². The lowest BCUT2D eigenvalue weighted by Gasteiger charge is -2.08. The lowest BCUT2D eigenvalue weighted by molar-refractivity contribution is -0.120. The number of halogens is 2. The van der Waals surface area contributed by atoms with E-state index in [1.165, 1.54) is 0 Å². The maximum atomic E-state index is 11.8. The number of hydrogen-bond donors (Lipinski definition) is 2. The fraction of sp³-hybridized carbons (Fsp3) is 0.188. The first-order chi connectivity index (χ1) is 10.1. The summed E-state index contributed by atoms with van der Waals surface area (Å²) in [6.07, 6.45) is 0.781. The average Bonchev–Trinajstić information content (AvgIpc) is 2.44. The summed E-state index contributed by atoms with van der Waals surface area (Å²) in [4.78, 5) is 11.8. The van der Waals surface area contributed by atoms with Crippen molar-refractivity contribution >= 4 is 29.1 Å². The van der Waals surface area contributed by atoms with Gasteiger partial charge in [0.25, 0.3) is 0 Å². The second kappa shape index (κ2) is 7.34. The number of nitrogens with one attached hydrogen (secondary N) is 1. The van der Waals surface area contributed by atoms with Crippen LogP contribution in [0.1, 0.15) is 11.1 Å². The smallest absolute Gasteiger partial charge is 0.224 e. The molecule has 0 heterocycles. The van der Waals surface area contributed by atoms with Crippen LogP contribution in [-0.2, 0) is 17.6 Å². The number of phenols is 1. The Hall–Kier alpha value is -1.71. The summed E-state index contributed by atoms with van der Waals surface area (Å²) >= 11 is 11.9. The molecule has 0 saturated carbocycles. The Kier molecular flexibility index (Phi) is 5.48. The van der Waals surface area contributed by atoms with Crippen LogP contribution in [0.15, 0.2) is 42.5 Å². The van der Waals surface area contributed by atoms with Crippen molar-refractivity contribution in [1.82, 2.24) is 5.32 Å². The van der Waals surface area contributed by atoms with E-state index in [0.717, 1.165) is 5.56 Å². The molecule has 110 valence electrons. The first kappa shape index (κ1) is 15.7. The minimum absolute atomic E-state index is 0.133. The number of hydrogen-bond acceptors (Lipinski definition) is 2. The molecule has 2 aromatic carbocycles. The molecule has 0 saturated heterocycles. The molecule has 2 rings (SSSR count). The van der Waals surface area contributed by atoms with Gasteiger partial charge in [-0.05, 0) is 30.2 Å². The Morgan fingerprint density at radius 2 is 1.86 bits per heavy atom. The number of amides is 1. The lowest BCUT2D eigenvalue weighted by Crippen LogP contribution is -2.27. The van der Waals surface area contributed by atoms with Crippen molar-refractivity contribution in [2.45, 2.75) is 12.8 Å². The highest BCUT2D eigenvalue weighted by atomic mass is 35.5. The summed E-state index contributed by atoms with van der Waals surface area (Å²) in [7, 11) is 0. The SMILES string of the molecule is O=C(Cc1ccccc1O)NCCc1ccc(Cl)cc1Cl. The summed E-state index contributed by atoms with van der Waals surface area (Å²) in [6.45, 7) is 0.480.